The van der Waals surface area contributed by atoms with Crippen LogP contribution in [-0.4, -0.2) is 54.6 Å². The summed E-state index contributed by atoms with van der Waals surface area (Å²) in [4.78, 5) is 16.9. The maximum Gasteiger partial charge on any atom is 0.241 e. The average molecular weight is 287 g/mol. The van der Waals surface area contributed by atoms with E-state index >= 15 is 0 Å². The number of nitrogens with one attached hydrogen (secondary N) is 1. The highest BCUT2D eigenvalue weighted by Gasteiger charge is 2.30. The topological polar surface area (TPSA) is 35.6 Å². The van der Waals surface area contributed by atoms with Crippen LogP contribution < -0.4 is 5.32 Å². The third-order valence-corrected chi connectivity index (χ3v) is 4.56. The van der Waals surface area contributed by atoms with Gasteiger partial charge in [0.25, 0.3) is 0 Å². The van der Waals surface area contributed by atoms with E-state index in [1.165, 1.54) is 37.9 Å². The number of benzene rings is 1. The number of hydrogen-bond acceptors (Lipinski definition) is 3. The van der Waals surface area contributed by atoms with Crippen molar-refractivity contribution in [1.82, 2.24) is 15.1 Å². The smallest absolute Gasteiger partial charge is 0.241 e. The van der Waals surface area contributed by atoms with Gasteiger partial charge >= 0.3 is 0 Å². The summed E-state index contributed by atoms with van der Waals surface area (Å²) in [7, 11) is 0. The van der Waals surface area contributed by atoms with Crippen molar-refractivity contribution in [2.75, 3.05) is 32.8 Å². The first-order valence-electron chi connectivity index (χ1n) is 8.11. The fraction of sp³-hybridized carbons (Fsp3) is 0.588. The van der Waals surface area contributed by atoms with Crippen LogP contribution >= 0.6 is 0 Å². The van der Waals surface area contributed by atoms with Crippen LogP contribution in [0.2, 0.25) is 0 Å². The summed E-state index contributed by atoms with van der Waals surface area (Å²) >= 11 is 0. The van der Waals surface area contributed by atoms with E-state index in [1.54, 1.807) is 0 Å². The Morgan fingerprint density at radius 2 is 1.81 bits per heavy atom. The van der Waals surface area contributed by atoms with Gasteiger partial charge in [-0.15, -0.1) is 0 Å². The molecule has 0 aliphatic carbocycles. The molecule has 114 valence electrons. The lowest BCUT2D eigenvalue weighted by Crippen LogP contribution is -2.39. The summed E-state index contributed by atoms with van der Waals surface area (Å²) < 4.78 is 0. The van der Waals surface area contributed by atoms with E-state index in [9.17, 15) is 4.79 Å². The van der Waals surface area contributed by atoms with Gasteiger partial charge in [0.05, 0.1) is 12.7 Å². The molecule has 0 saturated carbocycles. The van der Waals surface area contributed by atoms with E-state index in [0.717, 1.165) is 19.5 Å². The van der Waals surface area contributed by atoms with Gasteiger partial charge in [-0.05, 0) is 37.9 Å². The highest BCUT2D eigenvalue weighted by molar-refractivity contribution is 5.84. The molecule has 2 fully saturated rings. The maximum absolute atomic E-state index is 12.4. The second-order valence-electron chi connectivity index (χ2n) is 6.11. The highest BCUT2D eigenvalue weighted by Crippen LogP contribution is 2.12. The van der Waals surface area contributed by atoms with Gasteiger partial charge in [-0.3, -0.25) is 10.1 Å². The second kappa shape index (κ2) is 7.05. The molecule has 21 heavy (non-hydrogen) atoms. The van der Waals surface area contributed by atoms with Crippen LogP contribution in [0, 0.1) is 0 Å². The Balaban J connectivity index is 1.47. The normalized spacial score (nSPS) is 23.7. The van der Waals surface area contributed by atoms with Gasteiger partial charge in [-0.1, -0.05) is 36.8 Å². The molecule has 1 aromatic carbocycles. The molecule has 4 nitrogen and oxygen atoms in total. The molecular formula is C17H25N3O. The van der Waals surface area contributed by atoms with E-state index in [-0.39, 0.29) is 11.9 Å². The van der Waals surface area contributed by atoms with E-state index < -0.39 is 0 Å². The zero-order chi connectivity index (χ0) is 14.5. The van der Waals surface area contributed by atoms with Crippen LogP contribution in [0.3, 0.4) is 0 Å². The van der Waals surface area contributed by atoms with Gasteiger partial charge in [-0.2, -0.15) is 0 Å². The van der Waals surface area contributed by atoms with Crippen molar-refractivity contribution in [1.29, 1.82) is 0 Å². The Labute approximate surface area is 127 Å². The predicted molar refractivity (Wildman–Crippen MR) is 83.9 cm³/mol. The number of rotatable bonds is 5. The standard InChI is InChI=1S/C17H25N3O/c21-17-16(13-15-7-3-1-4-8-15)18-14-20(17)12-11-19-9-5-2-6-10-19/h1,3-4,7-8,16,18H,2,5-6,9-14H2. The molecule has 2 aliphatic heterocycles. The van der Waals surface area contributed by atoms with Crippen molar-refractivity contribution in [3.8, 4) is 0 Å². The number of carbonyl (C=O) groups excluding carboxylic acids is 1. The molecule has 2 heterocycles. The number of piperidine rings is 1. The summed E-state index contributed by atoms with van der Waals surface area (Å²) in [5.74, 6) is 0.260. The van der Waals surface area contributed by atoms with Gasteiger partial charge in [-0.25, -0.2) is 0 Å². The summed E-state index contributed by atoms with van der Waals surface area (Å²) in [6.45, 7) is 4.97. The Morgan fingerprint density at radius 1 is 1.05 bits per heavy atom. The van der Waals surface area contributed by atoms with Crippen molar-refractivity contribution in [3.63, 3.8) is 0 Å². The Bertz CT molecular complexity index is 456. The second-order valence-corrected chi connectivity index (χ2v) is 6.11. The van der Waals surface area contributed by atoms with Crippen LogP contribution in [-0.2, 0) is 11.2 Å². The zero-order valence-corrected chi connectivity index (χ0v) is 12.6. The lowest BCUT2D eigenvalue weighted by Gasteiger charge is -2.28. The minimum Gasteiger partial charge on any atom is -0.327 e. The van der Waals surface area contributed by atoms with Gasteiger partial charge in [0, 0.05) is 13.1 Å². The van der Waals surface area contributed by atoms with Crippen molar-refractivity contribution in [2.24, 2.45) is 0 Å². The number of carbonyl (C=O) groups is 1. The summed E-state index contributed by atoms with van der Waals surface area (Å²) in [5, 5.41) is 3.35. The van der Waals surface area contributed by atoms with Crippen LogP contribution in [0.4, 0.5) is 0 Å². The van der Waals surface area contributed by atoms with Crippen LogP contribution in [0.15, 0.2) is 30.3 Å². The van der Waals surface area contributed by atoms with Crippen molar-refractivity contribution < 1.29 is 4.79 Å². The molecule has 2 aliphatic rings. The number of likely N-dealkylation sites (tertiary alicyclic amines) is 1. The monoisotopic (exact) mass is 287 g/mol. The third-order valence-electron chi connectivity index (χ3n) is 4.56. The fourth-order valence-corrected chi connectivity index (χ4v) is 3.25. The van der Waals surface area contributed by atoms with Crippen molar-refractivity contribution >= 4 is 5.91 Å². The molecule has 1 amide bonds. The molecule has 1 unspecified atom stereocenters. The molecular weight excluding hydrogens is 262 g/mol. The molecule has 0 aromatic heterocycles. The average Bonchev–Trinajstić information content (AvgIpc) is 2.88. The SMILES string of the molecule is O=C1C(Cc2ccccc2)NCN1CCN1CCCCC1. The molecule has 0 bridgehead atoms. The number of nitrogens with zero attached hydrogens (tertiary/aromatic N) is 2. The van der Waals surface area contributed by atoms with Gasteiger partial charge in [0.1, 0.15) is 0 Å². The highest BCUT2D eigenvalue weighted by atomic mass is 16.2. The zero-order valence-electron chi connectivity index (χ0n) is 12.6. The Morgan fingerprint density at radius 3 is 2.57 bits per heavy atom. The van der Waals surface area contributed by atoms with Crippen LogP contribution in [0.5, 0.6) is 0 Å². The molecule has 0 spiro atoms. The summed E-state index contributed by atoms with van der Waals surface area (Å²) in [6, 6.07) is 10.2. The predicted octanol–water partition coefficient (Wildman–Crippen LogP) is 1.47. The molecule has 2 saturated heterocycles. The van der Waals surface area contributed by atoms with Crippen molar-refractivity contribution in [3.05, 3.63) is 35.9 Å². The van der Waals surface area contributed by atoms with E-state index in [1.807, 2.05) is 23.1 Å². The maximum atomic E-state index is 12.4. The Kier molecular flexibility index (Phi) is 4.88. The molecule has 3 rings (SSSR count). The molecule has 1 atom stereocenters. The van der Waals surface area contributed by atoms with E-state index in [0.29, 0.717) is 6.67 Å². The van der Waals surface area contributed by atoms with Gasteiger partial charge in [0.2, 0.25) is 5.91 Å². The molecule has 0 radical (unpaired) electrons. The lowest BCUT2D eigenvalue weighted by molar-refractivity contribution is -0.129. The van der Waals surface area contributed by atoms with Gasteiger partial charge in [0.15, 0.2) is 0 Å². The first kappa shape index (κ1) is 14.5. The van der Waals surface area contributed by atoms with Crippen molar-refractivity contribution in [2.45, 2.75) is 31.7 Å². The minimum atomic E-state index is -0.0474. The molecule has 1 N–H and O–H groups in total. The minimum absolute atomic E-state index is 0.0474. The molecule has 4 heteroatoms. The van der Waals surface area contributed by atoms with Crippen LogP contribution in [0.1, 0.15) is 24.8 Å². The summed E-state index contributed by atoms with van der Waals surface area (Å²) in [6.07, 6.45) is 4.77. The van der Waals surface area contributed by atoms with E-state index in [2.05, 4.69) is 22.3 Å². The van der Waals surface area contributed by atoms with E-state index in [4.69, 9.17) is 0 Å². The summed E-state index contributed by atoms with van der Waals surface area (Å²) in [5.41, 5.74) is 1.22. The first-order chi connectivity index (χ1) is 10.3. The van der Waals surface area contributed by atoms with Gasteiger partial charge < -0.3 is 9.80 Å². The number of hydrogen-bond donors (Lipinski definition) is 1. The first-order valence-corrected chi connectivity index (χ1v) is 8.11. The third kappa shape index (κ3) is 3.83. The van der Waals surface area contributed by atoms with Crippen LogP contribution in [0.25, 0.3) is 0 Å². The fourth-order valence-electron chi connectivity index (χ4n) is 3.25. The number of amides is 1. The quantitative estimate of drug-likeness (QED) is 0.891. The lowest BCUT2D eigenvalue weighted by atomic mass is 10.1. The molecule has 1 aromatic rings. The largest absolute Gasteiger partial charge is 0.327 e. The Hall–Kier alpha value is -1.39.